The van der Waals surface area contributed by atoms with E-state index in [2.05, 4.69) is 34.3 Å². The first kappa shape index (κ1) is 18.7. The molecule has 27 heavy (non-hydrogen) atoms. The molecule has 2 heterocycles. The van der Waals surface area contributed by atoms with E-state index in [0.717, 1.165) is 18.5 Å². The molecule has 0 atom stereocenters. The smallest absolute Gasteiger partial charge is 0.342 e. The quantitative estimate of drug-likeness (QED) is 0.610. The summed E-state index contributed by atoms with van der Waals surface area (Å²) < 4.78 is 10.7. The van der Waals surface area contributed by atoms with Crippen molar-refractivity contribution in [2.45, 2.75) is 40.2 Å². The Morgan fingerprint density at radius 2 is 1.96 bits per heavy atom. The van der Waals surface area contributed by atoms with Gasteiger partial charge in [-0.15, -0.1) is 0 Å². The minimum Gasteiger partial charge on any atom is -0.462 e. The number of aryl methyl sites for hydroxylation is 2. The molecule has 1 aromatic carbocycles. The van der Waals surface area contributed by atoms with Gasteiger partial charge in [0, 0.05) is 5.69 Å². The predicted octanol–water partition coefficient (Wildman–Crippen LogP) is 3.85. The third-order valence-corrected chi connectivity index (χ3v) is 4.22. The summed E-state index contributed by atoms with van der Waals surface area (Å²) in [5, 5.41) is 3.67. The molecule has 3 aromatic rings. The molecule has 0 fully saturated rings. The molecule has 2 aromatic heterocycles. The fourth-order valence-electron chi connectivity index (χ4n) is 2.97. The molecule has 0 radical (unpaired) electrons. The number of esters is 1. The number of nitrogens with one attached hydrogen (secondary N) is 1. The molecule has 0 saturated carbocycles. The number of ether oxygens (including phenoxy) is 1. The highest BCUT2D eigenvalue weighted by atomic mass is 16.5. The van der Waals surface area contributed by atoms with E-state index in [-0.39, 0.29) is 23.7 Å². The first-order valence-corrected chi connectivity index (χ1v) is 9.08. The topological polar surface area (TPSA) is 103 Å². The lowest BCUT2D eigenvalue weighted by atomic mass is 10.1. The fraction of sp³-hybridized carbons (Fsp3) is 0.350. The van der Waals surface area contributed by atoms with Crippen molar-refractivity contribution in [3.8, 4) is 0 Å². The van der Waals surface area contributed by atoms with Gasteiger partial charge < -0.3 is 20.2 Å². The van der Waals surface area contributed by atoms with Crippen LogP contribution in [0.15, 0.2) is 28.7 Å². The zero-order valence-electron chi connectivity index (χ0n) is 15.8. The van der Waals surface area contributed by atoms with Crippen LogP contribution in [0.2, 0.25) is 0 Å². The SMILES string of the molecule is CCCc1ccc(NCc2nc(N)c3c(C(=O)OCC)c(C)oc3n2)cc1. The van der Waals surface area contributed by atoms with Crippen LogP contribution in [-0.4, -0.2) is 22.5 Å². The summed E-state index contributed by atoms with van der Waals surface area (Å²) in [5.74, 6) is 0.625. The zero-order valence-corrected chi connectivity index (χ0v) is 15.8. The van der Waals surface area contributed by atoms with Crippen molar-refractivity contribution in [3.05, 3.63) is 47.0 Å². The fourth-order valence-corrected chi connectivity index (χ4v) is 2.97. The van der Waals surface area contributed by atoms with Crippen LogP contribution in [0.4, 0.5) is 11.5 Å². The lowest BCUT2D eigenvalue weighted by molar-refractivity contribution is 0.0526. The van der Waals surface area contributed by atoms with Gasteiger partial charge in [-0.25, -0.2) is 9.78 Å². The molecule has 142 valence electrons. The molecule has 0 spiro atoms. The van der Waals surface area contributed by atoms with Gasteiger partial charge in [0.25, 0.3) is 0 Å². The molecule has 0 unspecified atom stereocenters. The lowest BCUT2D eigenvalue weighted by Crippen LogP contribution is -2.09. The van der Waals surface area contributed by atoms with Gasteiger partial charge in [-0.3, -0.25) is 0 Å². The largest absolute Gasteiger partial charge is 0.462 e. The first-order chi connectivity index (χ1) is 13.0. The molecule has 3 rings (SSSR count). The Bertz CT molecular complexity index is 948. The van der Waals surface area contributed by atoms with Crippen molar-refractivity contribution in [1.82, 2.24) is 9.97 Å². The van der Waals surface area contributed by atoms with Gasteiger partial charge in [-0.2, -0.15) is 4.98 Å². The van der Waals surface area contributed by atoms with Gasteiger partial charge in [0.05, 0.1) is 18.5 Å². The van der Waals surface area contributed by atoms with E-state index in [1.807, 2.05) is 12.1 Å². The standard InChI is InChI=1S/C20H24N4O3/c1-4-6-13-7-9-14(10-8-13)22-11-15-23-18(21)17-16(20(25)26-5-2)12(3)27-19(17)24-15/h7-10,22H,4-6,11H2,1-3H3,(H2,21,23,24). The third-order valence-electron chi connectivity index (χ3n) is 4.22. The number of carbonyl (C=O) groups is 1. The second kappa shape index (κ2) is 8.07. The Kier molecular flexibility index (Phi) is 5.59. The highest BCUT2D eigenvalue weighted by Gasteiger charge is 2.23. The van der Waals surface area contributed by atoms with E-state index < -0.39 is 5.97 Å². The van der Waals surface area contributed by atoms with Crippen LogP contribution in [0.1, 0.15) is 47.8 Å². The molecule has 7 heteroatoms. The van der Waals surface area contributed by atoms with Crippen LogP contribution in [0.25, 0.3) is 11.1 Å². The van der Waals surface area contributed by atoms with Crippen LogP contribution >= 0.6 is 0 Å². The van der Waals surface area contributed by atoms with Crippen molar-refractivity contribution in [3.63, 3.8) is 0 Å². The summed E-state index contributed by atoms with van der Waals surface area (Å²) >= 11 is 0. The van der Waals surface area contributed by atoms with Gasteiger partial charge >= 0.3 is 5.97 Å². The Labute approximate surface area is 157 Å². The van der Waals surface area contributed by atoms with Gasteiger partial charge in [-0.05, 0) is 38.0 Å². The molecule has 0 saturated heterocycles. The summed E-state index contributed by atoms with van der Waals surface area (Å²) in [5.41, 5.74) is 8.94. The van der Waals surface area contributed by atoms with Gasteiger partial charge in [-0.1, -0.05) is 25.5 Å². The Hall–Kier alpha value is -3.09. The number of nitrogens with zero attached hydrogens (tertiary/aromatic N) is 2. The average molecular weight is 368 g/mol. The maximum Gasteiger partial charge on any atom is 0.342 e. The first-order valence-electron chi connectivity index (χ1n) is 9.08. The number of hydrogen-bond donors (Lipinski definition) is 2. The second-order valence-corrected chi connectivity index (χ2v) is 6.26. The number of aromatic nitrogens is 2. The van der Waals surface area contributed by atoms with Gasteiger partial charge in [0.2, 0.25) is 5.71 Å². The number of hydrogen-bond acceptors (Lipinski definition) is 7. The van der Waals surface area contributed by atoms with Crippen molar-refractivity contribution in [2.24, 2.45) is 0 Å². The molecular formula is C20H24N4O3. The summed E-state index contributed by atoms with van der Waals surface area (Å²) in [4.78, 5) is 20.9. The van der Waals surface area contributed by atoms with Crippen molar-refractivity contribution in [2.75, 3.05) is 17.7 Å². The Morgan fingerprint density at radius 1 is 1.22 bits per heavy atom. The highest BCUT2D eigenvalue weighted by Crippen LogP contribution is 2.29. The van der Waals surface area contributed by atoms with Crippen LogP contribution in [0.3, 0.4) is 0 Å². The van der Waals surface area contributed by atoms with Crippen LogP contribution in [0, 0.1) is 6.92 Å². The second-order valence-electron chi connectivity index (χ2n) is 6.26. The number of rotatable bonds is 7. The van der Waals surface area contributed by atoms with E-state index >= 15 is 0 Å². The van der Waals surface area contributed by atoms with Crippen molar-refractivity contribution >= 4 is 28.6 Å². The summed E-state index contributed by atoms with van der Waals surface area (Å²) in [6.07, 6.45) is 2.19. The molecule has 0 bridgehead atoms. The normalized spacial score (nSPS) is 10.9. The molecular weight excluding hydrogens is 344 g/mol. The summed E-state index contributed by atoms with van der Waals surface area (Å²) in [6, 6.07) is 8.27. The number of fused-ring (bicyclic) bond motifs is 1. The number of nitrogen functional groups attached to an aromatic ring is 1. The van der Waals surface area contributed by atoms with Crippen LogP contribution < -0.4 is 11.1 Å². The van der Waals surface area contributed by atoms with Gasteiger partial charge in [0.15, 0.2) is 5.82 Å². The average Bonchev–Trinajstić information content (AvgIpc) is 2.98. The number of carbonyl (C=O) groups excluding carboxylic acids is 1. The molecule has 0 aliphatic carbocycles. The zero-order chi connectivity index (χ0) is 19.4. The monoisotopic (exact) mass is 368 g/mol. The number of anilines is 2. The third kappa shape index (κ3) is 4.02. The maximum absolute atomic E-state index is 12.2. The molecule has 0 aliphatic heterocycles. The van der Waals surface area contributed by atoms with E-state index in [9.17, 15) is 4.79 Å². The molecule has 0 amide bonds. The van der Waals surface area contributed by atoms with Crippen LogP contribution in [0.5, 0.6) is 0 Å². The van der Waals surface area contributed by atoms with Crippen LogP contribution in [-0.2, 0) is 17.7 Å². The van der Waals surface area contributed by atoms with Crippen molar-refractivity contribution < 1.29 is 13.9 Å². The number of nitrogens with two attached hydrogens (primary N) is 1. The van der Waals surface area contributed by atoms with E-state index in [0.29, 0.717) is 23.5 Å². The maximum atomic E-state index is 12.2. The highest BCUT2D eigenvalue weighted by molar-refractivity contribution is 6.07. The molecule has 3 N–H and O–H groups in total. The number of furan rings is 1. The van der Waals surface area contributed by atoms with E-state index in [1.54, 1.807) is 13.8 Å². The Balaban J connectivity index is 1.81. The number of benzene rings is 1. The van der Waals surface area contributed by atoms with E-state index in [1.165, 1.54) is 5.56 Å². The van der Waals surface area contributed by atoms with Crippen molar-refractivity contribution in [1.29, 1.82) is 0 Å². The summed E-state index contributed by atoms with van der Waals surface area (Å²) in [6.45, 7) is 6.25. The summed E-state index contributed by atoms with van der Waals surface area (Å²) in [7, 11) is 0. The molecule has 7 nitrogen and oxygen atoms in total. The Morgan fingerprint density at radius 3 is 2.63 bits per heavy atom. The molecule has 0 aliphatic rings. The predicted molar refractivity (Wildman–Crippen MR) is 105 cm³/mol. The minimum absolute atomic E-state index is 0.204. The van der Waals surface area contributed by atoms with E-state index in [4.69, 9.17) is 14.9 Å². The lowest BCUT2D eigenvalue weighted by Gasteiger charge is -2.07. The minimum atomic E-state index is -0.484. The van der Waals surface area contributed by atoms with Gasteiger partial charge in [0.1, 0.15) is 17.1 Å².